The van der Waals surface area contributed by atoms with Crippen molar-refractivity contribution < 1.29 is 23.7 Å². The maximum atomic E-state index is 12.4. The van der Waals surface area contributed by atoms with Crippen LogP contribution >= 0.6 is 0 Å². The van der Waals surface area contributed by atoms with E-state index in [2.05, 4.69) is 35.4 Å². The van der Waals surface area contributed by atoms with Crippen molar-refractivity contribution in [3.63, 3.8) is 0 Å². The Kier molecular flexibility index (Phi) is 9.13. The second-order valence-electron chi connectivity index (χ2n) is 8.67. The zero-order valence-corrected chi connectivity index (χ0v) is 20.8. The lowest BCUT2D eigenvalue weighted by molar-refractivity contribution is -0.165. The standard InChI is InChI=1S/C28H33N3O5/c1-21-6-5-7-23(16-21)18-31-19-26(29-20-31)30-27(32)12-10-22-9-11-24(33-2)25(17-22)34-14-15-36-28-8-3-4-13-35-28/h5-7,9-12,16-17,19-20,28H,3-4,8,13-15,18H2,1-2H3,(H,30,32)/b12-10+. The van der Waals surface area contributed by atoms with Gasteiger partial charge in [-0.1, -0.05) is 35.9 Å². The molecule has 0 saturated carbocycles. The Morgan fingerprint density at radius 3 is 2.92 bits per heavy atom. The van der Waals surface area contributed by atoms with Gasteiger partial charge in [0, 0.05) is 25.4 Å². The van der Waals surface area contributed by atoms with Gasteiger partial charge < -0.3 is 28.8 Å². The minimum atomic E-state index is -0.269. The Balaban J connectivity index is 1.28. The molecule has 1 aliphatic rings. The highest BCUT2D eigenvalue weighted by atomic mass is 16.7. The smallest absolute Gasteiger partial charge is 0.249 e. The molecule has 8 nitrogen and oxygen atoms in total. The van der Waals surface area contributed by atoms with E-state index in [1.807, 2.05) is 35.0 Å². The van der Waals surface area contributed by atoms with Gasteiger partial charge in [0.05, 0.1) is 20.0 Å². The van der Waals surface area contributed by atoms with E-state index in [0.717, 1.165) is 31.4 Å². The molecule has 8 heteroatoms. The average molecular weight is 492 g/mol. The number of amides is 1. The Morgan fingerprint density at radius 1 is 1.19 bits per heavy atom. The van der Waals surface area contributed by atoms with Gasteiger partial charge in [0.25, 0.3) is 0 Å². The van der Waals surface area contributed by atoms with Crippen molar-refractivity contribution in [2.45, 2.75) is 39.0 Å². The van der Waals surface area contributed by atoms with Gasteiger partial charge in [-0.05, 0) is 55.5 Å². The number of hydrogen-bond donors (Lipinski definition) is 1. The molecular weight excluding hydrogens is 458 g/mol. The number of carbonyl (C=O) groups is 1. The molecule has 0 radical (unpaired) electrons. The van der Waals surface area contributed by atoms with Crippen LogP contribution in [0.25, 0.3) is 6.08 Å². The number of aromatic nitrogens is 2. The quantitative estimate of drug-likeness (QED) is 0.306. The topological polar surface area (TPSA) is 83.8 Å². The van der Waals surface area contributed by atoms with Gasteiger partial charge in [0.2, 0.25) is 5.91 Å². The lowest BCUT2D eigenvalue weighted by atomic mass is 10.1. The SMILES string of the molecule is COc1ccc(/C=C/C(=O)Nc2cn(Cc3cccc(C)c3)cn2)cc1OCCOC1CCCCO1. The Bertz CT molecular complexity index is 1170. The molecule has 1 aromatic heterocycles. The number of rotatable bonds is 11. The molecule has 3 aromatic rings. The number of ether oxygens (including phenoxy) is 4. The first-order valence-corrected chi connectivity index (χ1v) is 12.2. The monoisotopic (exact) mass is 491 g/mol. The molecule has 36 heavy (non-hydrogen) atoms. The van der Waals surface area contributed by atoms with Crippen molar-refractivity contribution in [3.05, 3.63) is 77.8 Å². The molecule has 1 N–H and O–H groups in total. The Hall–Kier alpha value is -3.62. The summed E-state index contributed by atoms with van der Waals surface area (Å²) < 4.78 is 24.5. The van der Waals surface area contributed by atoms with Gasteiger partial charge >= 0.3 is 0 Å². The van der Waals surface area contributed by atoms with Crippen LogP contribution in [0.5, 0.6) is 11.5 Å². The summed E-state index contributed by atoms with van der Waals surface area (Å²) in [5.74, 6) is 1.43. The van der Waals surface area contributed by atoms with Crippen LogP contribution in [0.1, 0.15) is 36.0 Å². The number of hydrogen-bond acceptors (Lipinski definition) is 6. The lowest BCUT2D eigenvalue weighted by Gasteiger charge is -2.22. The van der Waals surface area contributed by atoms with Crippen LogP contribution in [0.3, 0.4) is 0 Å². The number of methoxy groups -OCH3 is 1. The number of benzene rings is 2. The van der Waals surface area contributed by atoms with Crippen LogP contribution in [0.4, 0.5) is 5.82 Å². The van der Waals surface area contributed by atoms with E-state index >= 15 is 0 Å². The number of aryl methyl sites for hydroxylation is 1. The second-order valence-corrected chi connectivity index (χ2v) is 8.67. The fraction of sp³-hybridized carbons (Fsp3) is 0.357. The van der Waals surface area contributed by atoms with Crippen molar-refractivity contribution >= 4 is 17.8 Å². The van der Waals surface area contributed by atoms with Crippen LogP contribution in [0.2, 0.25) is 0 Å². The summed E-state index contributed by atoms with van der Waals surface area (Å²) in [6.07, 6.45) is 9.68. The summed E-state index contributed by atoms with van der Waals surface area (Å²) in [4.78, 5) is 16.7. The summed E-state index contributed by atoms with van der Waals surface area (Å²) >= 11 is 0. The fourth-order valence-electron chi connectivity index (χ4n) is 3.96. The van der Waals surface area contributed by atoms with Crippen LogP contribution in [0.15, 0.2) is 61.1 Å². The van der Waals surface area contributed by atoms with Crippen LogP contribution in [-0.4, -0.2) is 48.7 Å². The molecular formula is C28H33N3O5. The van der Waals surface area contributed by atoms with Gasteiger partial charge in [-0.3, -0.25) is 4.79 Å². The number of imidazole rings is 1. The molecule has 1 fully saturated rings. The van der Waals surface area contributed by atoms with E-state index in [9.17, 15) is 4.79 Å². The number of nitrogens with zero attached hydrogens (tertiary/aromatic N) is 2. The first kappa shape index (κ1) is 25.5. The molecule has 1 atom stereocenters. The van der Waals surface area contributed by atoms with Crippen molar-refractivity contribution in [3.8, 4) is 11.5 Å². The predicted octanol–water partition coefficient (Wildman–Crippen LogP) is 4.82. The third-order valence-corrected chi connectivity index (χ3v) is 5.73. The first-order valence-electron chi connectivity index (χ1n) is 12.2. The van der Waals surface area contributed by atoms with Crippen LogP contribution in [-0.2, 0) is 20.8 Å². The molecule has 0 aliphatic carbocycles. The third-order valence-electron chi connectivity index (χ3n) is 5.73. The summed E-state index contributed by atoms with van der Waals surface area (Å²) in [6, 6.07) is 13.8. The molecule has 4 rings (SSSR count). The molecule has 1 amide bonds. The molecule has 190 valence electrons. The summed E-state index contributed by atoms with van der Waals surface area (Å²) in [5.41, 5.74) is 3.19. The number of nitrogens with one attached hydrogen (secondary N) is 1. The fourth-order valence-corrected chi connectivity index (χ4v) is 3.96. The third kappa shape index (κ3) is 7.69. The molecule has 1 unspecified atom stereocenters. The highest BCUT2D eigenvalue weighted by molar-refractivity contribution is 6.01. The highest BCUT2D eigenvalue weighted by Gasteiger charge is 2.14. The van der Waals surface area contributed by atoms with Crippen LogP contribution < -0.4 is 14.8 Å². The molecule has 0 spiro atoms. The van der Waals surface area contributed by atoms with E-state index < -0.39 is 0 Å². The molecule has 0 bridgehead atoms. The average Bonchev–Trinajstić information content (AvgIpc) is 3.32. The maximum Gasteiger partial charge on any atom is 0.249 e. The van der Waals surface area contributed by atoms with Crippen molar-refractivity contribution in [2.75, 3.05) is 32.2 Å². The van der Waals surface area contributed by atoms with Gasteiger partial charge in [0.1, 0.15) is 6.61 Å². The number of carbonyl (C=O) groups excluding carboxylic acids is 1. The minimum absolute atomic E-state index is 0.147. The van der Waals surface area contributed by atoms with E-state index in [1.54, 1.807) is 19.5 Å². The first-order chi connectivity index (χ1) is 17.6. The zero-order valence-electron chi connectivity index (χ0n) is 20.8. The zero-order chi connectivity index (χ0) is 25.2. The van der Waals surface area contributed by atoms with Crippen LogP contribution in [0, 0.1) is 6.92 Å². The van der Waals surface area contributed by atoms with Gasteiger partial charge in [-0.15, -0.1) is 0 Å². The van der Waals surface area contributed by atoms with E-state index in [-0.39, 0.29) is 12.2 Å². The lowest BCUT2D eigenvalue weighted by Crippen LogP contribution is -2.24. The van der Waals surface area contributed by atoms with Crippen molar-refractivity contribution in [2.24, 2.45) is 0 Å². The normalized spacial score (nSPS) is 15.7. The Morgan fingerprint density at radius 2 is 2.11 bits per heavy atom. The predicted molar refractivity (Wildman–Crippen MR) is 138 cm³/mol. The van der Waals surface area contributed by atoms with Crippen molar-refractivity contribution in [1.29, 1.82) is 0 Å². The molecule has 1 aliphatic heterocycles. The molecule has 2 heterocycles. The van der Waals surface area contributed by atoms with Gasteiger partial charge in [-0.2, -0.15) is 0 Å². The van der Waals surface area contributed by atoms with Gasteiger partial charge in [-0.25, -0.2) is 4.98 Å². The molecule has 1 saturated heterocycles. The summed E-state index contributed by atoms with van der Waals surface area (Å²) in [5, 5.41) is 2.80. The second kappa shape index (κ2) is 12.9. The maximum absolute atomic E-state index is 12.4. The van der Waals surface area contributed by atoms with E-state index in [4.69, 9.17) is 18.9 Å². The summed E-state index contributed by atoms with van der Waals surface area (Å²) in [7, 11) is 1.59. The minimum Gasteiger partial charge on any atom is -0.493 e. The Labute approximate surface area is 211 Å². The van der Waals surface area contributed by atoms with Gasteiger partial charge in [0.15, 0.2) is 23.6 Å². The highest BCUT2D eigenvalue weighted by Crippen LogP contribution is 2.28. The summed E-state index contributed by atoms with van der Waals surface area (Å²) in [6.45, 7) is 4.29. The van der Waals surface area contributed by atoms with Crippen molar-refractivity contribution in [1.82, 2.24) is 9.55 Å². The van der Waals surface area contributed by atoms with E-state index in [0.29, 0.717) is 37.1 Å². The largest absolute Gasteiger partial charge is 0.493 e. The van der Waals surface area contributed by atoms with E-state index in [1.165, 1.54) is 17.2 Å². The molecule has 2 aromatic carbocycles. The number of anilines is 1.